The van der Waals surface area contributed by atoms with Gasteiger partial charge in [0, 0.05) is 41.1 Å². The average molecular weight is 430 g/mol. The highest BCUT2D eigenvalue weighted by Gasteiger charge is 2.42. The summed E-state index contributed by atoms with van der Waals surface area (Å²) >= 11 is 6.08. The van der Waals surface area contributed by atoms with Crippen LogP contribution in [0.1, 0.15) is 31.2 Å². The molecule has 2 bridgehead atoms. The van der Waals surface area contributed by atoms with Crippen molar-refractivity contribution in [2.45, 2.75) is 43.8 Å². The van der Waals surface area contributed by atoms with Crippen LogP contribution in [0.2, 0.25) is 5.02 Å². The molecule has 1 amide bonds. The molecule has 0 spiro atoms. The Hall–Kier alpha value is -2.73. The van der Waals surface area contributed by atoms with Gasteiger partial charge in [0.15, 0.2) is 0 Å². The number of fused-ring (bicyclic) bond motifs is 2. The van der Waals surface area contributed by atoms with Gasteiger partial charge in [0.05, 0.1) is 12.1 Å². The number of nitrogens with two attached hydrogens (primary N) is 1. The molecular formula is C23H25ClFN3O2. The first-order valence-electron chi connectivity index (χ1n) is 10.1. The van der Waals surface area contributed by atoms with Crippen LogP contribution in [-0.2, 0) is 4.79 Å². The van der Waals surface area contributed by atoms with Gasteiger partial charge in [0.1, 0.15) is 11.6 Å². The van der Waals surface area contributed by atoms with E-state index in [1.54, 1.807) is 36.4 Å². The number of methoxy groups -OCH3 is 1. The van der Waals surface area contributed by atoms with E-state index in [0.717, 1.165) is 31.4 Å². The van der Waals surface area contributed by atoms with Crippen LogP contribution in [0.25, 0.3) is 6.08 Å². The van der Waals surface area contributed by atoms with Crippen molar-refractivity contribution in [1.82, 2.24) is 4.90 Å². The van der Waals surface area contributed by atoms with Crippen molar-refractivity contribution >= 4 is 35.0 Å². The van der Waals surface area contributed by atoms with Crippen LogP contribution in [-0.4, -0.2) is 36.0 Å². The summed E-state index contributed by atoms with van der Waals surface area (Å²) in [6.45, 7) is 0. The number of rotatable bonds is 5. The maximum absolute atomic E-state index is 13.1. The third-order valence-electron chi connectivity index (χ3n) is 5.97. The third kappa shape index (κ3) is 4.24. The number of piperidine rings is 1. The summed E-state index contributed by atoms with van der Waals surface area (Å²) in [5.41, 5.74) is 8.13. The van der Waals surface area contributed by atoms with Gasteiger partial charge in [-0.2, -0.15) is 0 Å². The summed E-state index contributed by atoms with van der Waals surface area (Å²) in [4.78, 5) is 14.9. The number of carbonyl (C=O) groups excluding carboxylic acids is 1. The Kier molecular flexibility index (Phi) is 5.86. The minimum absolute atomic E-state index is 0.00366. The molecule has 3 N–H and O–H groups in total. The molecule has 158 valence electrons. The molecule has 2 aliphatic heterocycles. The molecule has 2 fully saturated rings. The van der Waals surface area contributed by atoms with Crippen molar-refractivity contribution in [2.24, 2.45) is 0 Å². The quantitative estimate of drug-likeness (QED) is 0.533. The molecular weight excluding hydrogens is 405 g/mol. The van der Waals surface area contributed by atoms with Crippen molar-refractivity contribution in [2.75, 3.05) is 18.2 Å². The second-order valence-corrected chi connectivity index (χ2v) is 8.31. The van der Waals surface area contributed by atoms with Gasteiger partial charge in [-0.25, -0.2) is 4.39 Å². The number of hydrogen-bond acceptors (Lipinski definition) is 4. The molecule has 0 aliphatic carbocycles. The number of halogens is 2. The van der Waals surface area contributed by atoms with E-state index in [4.69, 9.17) is 22.1 Å². The van der Waals surface area contributed by atoms with Crippen LogP contribution in [0, 0.1) is 5.82 Å². The van der Waals surface area contributed by atoms with E-state index >= 15 is 0 Å². The lowest BCUT2D eigenvalue weighted by molar-refractivity contribution is -0.130. The molecule has 2 heterocycles. The molecule has 4 rings (SSSR count). The molecule has 0 aromatic heterocycles. The number of nitrogens with zero attached hydrogens (tertiary/aromatic N) is 1. The number of benzene rings is 2. The molecule has 7 heteroatoms. The molecule has 2 aromatic rings. The van der Waals surface area contributed by atoms with Gasteiger partial charge >= 0.3 is 0 Å². The maximum Gasteiger partial charge on any atom is 0.247 e. The first kappa shape index (κ1) is 20.5. The van der Waals surface area contributed by atoms with Crippen LogP contribution >= 0.6 is 11.6 Å². The number of nitrogen functional groups attached to an aromatic ring is 1. The standard InChI is InChI=1S/C23H25ClFN3O2/c1-30-22-10-14(21(26)13-20(22)24)2-9-23(29)28-18-7-8-19(28)12-17(11-18)27-16-5-3-15(25)4-6-16/h2-6,9-10,13,17-19,27H,7-8,11-12,26H2,1H3/b9-2+/t17?,18-,19+. The second-order valence-electron chi connectivity index (χ2n) is 7.90. The number of anilines is 2. The van der Waals surface area contributed by atoms with Crippen LogP contribution in [0.4, 0.5) is 15.8 Å². The molecule has 3 atom stereocenters. The maximum atomic E-state index is 13.1. The number of nitrogens with one attached hydrogen (secondary N) is 1. The molecule has 30 heavy (non-hydrogen) atoms. The van der Waals surface area contributed by atoms with E-state index < -0.39 is 0 Å². The SMILES string of the molecule is COc1cc(/C=C/C(=O)N2[C@@H]3CC[C@H]2CC(Nc2ccc(F)cc2)C3)c(N)cc1Cl. The summed E-state index contributed by atoms with van der Waals surface area (Å²) in [6, 6.07) is 10.5. The van der Waals surface area contributed by atoms with E-state index in [9.17, 15) is 9.18 Å². The predicted molar refractivity (Wildman–Crippen MR) is 118 cm³/mol. The molecule has 2 aromatic carbocycles. The van der Waals surface area contributed by atoms with Crippen LogP contribution in [0.3, 0.4) is 0 Å². The van der Waals surface area contributed by atoms with Crippen LogP contribution < -0.4 is 15.8 Å². The van der Waals surface area contributed by atoms with Crippen molar-refractivity contribution in [3.8, 4) is 5.75 Å². The summed E-state index contributed by atoms with van der Waals surface area (Å²) in [6.07, 6.45) is 7.07. The smallest absolute Gasteiger partial charge is 0.247 e. The van der Waals surface area contributed by atoms with Gasteiger partial charge in [0.2, 0.25) is 5.91 Å². The summed E-state index contributed by atoms with van der Waals surface area (Å²) in [5.74, 6) is 0.272. The molecule has 5 nitrogen and oxygen atoms in total. The first-order chi connectivity index (χ1) is 14.4. The Morgan fingerprint density at radius 1 is 1.23 bits per heavy atom. The zero-order chi connectivity index (χ0) is 21.3. The van der Waals surface area contributed by atoms with Crippen LogP contribution in [0.15, 0.2) is 42.5 Å². The minimum Gasteiger partial charge on any atom is -0.495 e. The number of ether oxygens (including phenoxy) is 1. The zero-order valence-corrected chi connectivity index (χ0v) is 17.5. The van der Waals surface area contributed by atoms with E-state index in [-0.39, 0.29) is 29.8 Å². The molecule has 2 aliphatic rings. The van der Waals surface area contributed by atoms with Gasteiger partial charge in [-0.05, 0) is 68.2 Å². The predicted octanol–water partition coefficient (Wildman–Crippen LogP) is 4.72. The topological polar surface area (TPSA) is 67.6 Å². The fourth-order valence-electron chi connectivity index (χ4n) is 4.57. The van der Waals surface area contributed by atoms with Gasteiger partial charge in [-0.15, -0.1) is 0 Å². The Morgan fingerprint density at radius 3 is 2.53 bits per heavy atom. The monoisotopic (exact) mass is 429 g/mol. The zero-order valence-electron chi connectivity index (χ0n) is 16.8. The highest BCUT2D eigenvalue weighted by atomic mass is 35.5. The van der Waals surface area contributed by atoms with Crippen molar-refractivity contribution in [1.29, 1.82) is 0 Å². The minimum atomic E-state index is -0.244. The number of carbonyl (C=O) groups is 1. The van der Waals surface area contributed by atoms with Crippen molar-refractivity contribution in [3.63, 3.8) is 0 Å². The highest BCUT2D eigenvalue weighted by molar-refractivity contribution is 6.32. The van der Waals surface area contributed by atoms with E-state index in [1.807, 2.05) is 4.90 Å². The lowest BCUT2D eigenvalue weighted by Gasteiger charge is -2.39. The molecule has 1 unspecified atom stereocenters. The molecule has 2 saturated heterocycles. The van der Waals surface area contributed by atoms with Gasteiger partial charge in [-0.1, -0.05) is 11.6 Å². The molecule has 0 saturated carbocycles. The van der Waals surface area contributed by atoms with E-state index in [2.05, 4.69) is 5.32 Å². The first-order valence-corrected chi connectivity index (χ1v) is 10.5. The summed E-state index contributed by atoms with van der Waals surface area (Å²) in [5, 5.41) is 3.92. The summed E-state index contributed by atoms with van der Waals surface area (Å²) < 4.78 is 18.4. The third-order valence-corrected chi connectivity index (χ3v) is 6.26. The normalized spacial score (nSPS) is 23.0. The summed E-state index contributed by atoms with van der Waals surface area (Å²) in [7, 11) is 1.54. The number of hydrogen-bond donors (Lipinski definition) is 2. The lowest BCUT2D eigenvalue weighted by atomic mass is 9.96. The highest BCUT2D eigenvalue weighted by Crippen LogP contribution is 2.37. The molecule has 0 radical (unpaired) electrons. The lowest BCUT2D eigenvalue weighted by Crippen LogP contribution is -2.49. The van der Waals surface area contributed by atoms with Crippen LogP contribution in [0.5, 0.6) is 5.75 Å². The van der Waals surface area contributed by atoms with Crippen molar-refractivity contribution < 1.29 is 13.9 Å². The average Bonchev–Trinajstić information content (AvgIpc) is 2.99. The Morgan fingerprint density at radius 2 is 1.90 bits per heavy atom. The second kappa shape index (κ2) is 8.56. The van der Waals surface area contributed by atoms with E-state index in [1.165, 1.54) is 19.2 Å². The van der Waals surface area contributed by atoms with Gasteiger partial charge in [-0.3, -0.25) is 4.79 Å². The van der Waals surface area contributed by atoms with Crippen molar-refractivity contribution in [3.05, 3.63) is 58.9 Å². The Bertz CT molecular complexity index is 950. The van der Waals surface area contributed by atoms with Gasteiger partial charge in [0.25, 0.3) is 0 Å². The van der Waals surface area contributed by atoms with E-state index in [0.29, 0.717) is 22.0 Å². The Labute approximate surface area is 180 Å². The number of amides is 1. The fourth-order valence-corrected chi connectivity index (χ4v) is 4.82. The fraction of sp³-hybridized carbons (Fsp3) is 0.348. The largest absolute Gasteiger partial charge is 0.495 e. The van der Waals surface area contributed by atoms with Gasteiger partial charge < -0.3 is 20.7 Å². The Balaban J connectivity index is 1.42.